The number of hydrogen-bond donors (Lipinski definition) is 1. The molecule has 2 unspecified atom stereocenters. The maximum Gasteiger partial charge on any atom is 0.0676 e. The van der Waals surface area contributed by atoms with Gasteiger partial charge in [0.05, 0.1) is 6.10 Å². The van der Waals surface area contributed by atoms with Crippen molar-refractivity contribution in [3.63, 3.8) is 0 Å². The van der Waals surface area contributed by atoms with E-state index >= 15 is 0 Å². The Morgan fingerprint density at radius 1 is 1.10 bits per heavy atom. The summed E-state index contributed by atoms with van der Waals surface area (Å²) in [6, 6.07) is 10.8. The van der Waals surface area contributed by atoms with Gasteiger partial charge in [0.15, 0.2) is 0 Å². The van der Waals surface area contributed by atoms with Gasteiger partial charge >= 0.3 is 0 Å². The minimum absolute atomic E-state index is 0. The van der Waals surface area contributed by atoms with E-state index in [1.54, 1.807) is 0 Å². The Morgan fingerprint density at radius 3 is 2.25 bits per heavy atom. The van der Waals surface area contributed by atoms with Crippen LogP contribution in [0.3, 0.4) is 0 Å². The Labute approximate surface area is 133 Å². The van der Waals surface area contributed by atoms with E-state index in [4.69, 9.17) is 4.74 Å². The number of rotatable bonds is 3. The minimum atomic E-state index is 0. The molecule has 0 amide bonds. The summed E-state index contributed by atoms with van der Waals surface area (Å²) in [4.78, 5) is 2.58. The number of likely N-dealkylation sites (tertiary alicyclic amines) is 1. The Hall–Kier alpha value is -0.320. The zero-order chi connectivity index (χ0) is 12.4. The first-order chi connectivity index (χ1) is 8.86. The third-order valence-corrected chi connectivity index (χ3v) is 4.25. The molecule has 2 saturated heterocycles. The van der Waals surface area contributed by atoms with Crippen LogP contribution in [0, 0.1) is 11.8 Å². The van der Waals surface area contributed by atoms with E-state index in [1.165, 1.54) is 5.56 Å². The van der Waals surface area contributed by atoms with Gasteiger partial charge in [-0.2, -0.15) is 0 Å². The fraction of sp³-hybridized carbons (Fsp3) is 0.600. The molecule has 3 rings (SSSR count). The van der Waals surface area contributed by atoms with Crippen LogP contribution in [0.4, 0.5) is 0 Å². The van der Waals surface area contributed by atoms with Crippen LogP contribution >= 0.6 is 24.8 Å². The number of nitrogens with zero attached hydrogens (tertiary/aromatic N) is 1. The number of hydrogen-bond acceptors (Lipinski definition) is 3. The molecule has 3 nitrogen and oxygen atoms in total. The van der Waals surface area contributed by atoms with Crippen LogP contribution in [0.25, 0.3) is 0 Å². The van der Waals surface area contributed by atoms with Gasteiger partial charge in [0.25, 0.3) is 0 Å². The summed E-state index contributed by atoms with van der Waals surface area (Å²) in [7, 11) is 1.86. The number of ether oxygens (including phenoxy) is 1. The molecule has 5 heteroatoms. The molecule has 20 heavy (non-hydrogen) atoms. The molecule has 0 saturated carbocycles. The third kappa shape index (κ3) is 3.86. The summed E-state index contributed by atoms with van der Waals surface area (Å²) in [5, 5.41) is 3.53. The fourth-order valence-electron chi connectivity index (χ4n) is 3.50. The highest BCUT2D eigenvalue weighted by atomic mass is 35.5. The Bertz CT molecular complexity index is 377. The van der Waals surface area contributed by atoms with E-state index in [2.05, 4.69) is 40.5 Å². The van der Waals surface area contributed by atoms with Crippen molar-refractivity contribution in [2.24, 2.45) is 11.8 Å². The van der Waals surface area contributed by atoms with Gasteiger partial charge in [-0.1, -0.05) is 30.3 Å². The van der Waals surface area contributed by atoms with Gasteiger partial charge in [0.1, 0.15) is 0 Å². The Kier molecular flexibility index (Phi) is 7.27. The maximum absolute atomic E-state index is 5.69. The quantitative estimate of drug-likeness (QED) is 0.924. The van der Waals surface area contributed by atoms with Gasteiger partial charge in [-0.15, -0.1) is 24.8 Å². The van der Waals surface area contributed by atoms with Crippen molar-refractivity contribution in [2.75, 3.05) is 33.3 Å². The predicted octanol–water partition coefficient (Wildman–Crippen LogP) is 2.20. The summed E-state index contributed by atoms with van der Waals surface area (Å²) < 4.78 is 5.69. The molecule has 1 aromatic carbocycles. The third-order valence-electron chi connectivity index (χ3n) is 4.25. The van der Waals surface area contributed by atoms with Gasteiger partial charge in [-0.3, -0.25) is 4.90 Å². The van der Waals surface area contributed by atoms with Gasteiger partial charge in [0.2, 0.25) is 0 Å². The Morgan fingerprint density at radius 2 is 1.70 bits per heavy atom. The van der Waals surface area contributed by atoms with Crippen LogP contribution < -0.4 is 5.32 Å². The van der Waals surface area contributed by atoms with E-state index in [9.17, 15) is 0 Å². The van der Waals surface area contributed by atoms with Crippen LogP contribution in [0.2, 0.25) is 0 Å². The van der Waals surface area contributed by atoms with Gasteiger partial charge < -0.3 is 10.1 Å². The molecule has 2 atom stereocenters. The van der Waals surface area contributed by atoms with Crippen LogP contribution in [0.1, 0.15) is 5.56 Å². The van der Waals surface area contributed by atoms with Crippen LogP contribution in [0.5, 0.6) is 0 Å². The van der Waals surface area contributed by atoms with Crippen LogP contribution in [-0.4, -0.2) is 44.3 Å². The molecule has 1 aromatic rings. The highest BCUT2D eigenvalue weighted by Crippen LogP contribution is 2.28. The number of benzene rings is 1. The first kappa shape index (κ1) is 17.7. The lowest BCUT2D eigenvalue weighted by Crippen LogP contribution is -2.59. The molecule has 2 aliphatic heterocycles. The molecule has 2 heterocycles. The fourth-order valence-corrected chi connectivity index (χ4v) is 3.50. The number of halogens is 2. The number of nitrogens with one attached hydrogen (secondary N) is 1. The minimum Gasteiger partial charge on any atom is -0.381 e. The molecule has 2 fully saturated rings. The average molecular weight is 319 g/mol. The van der Waals surface area contributed by atoms with E-state index in [-0.39, 0.29) is 24.8 Å². The highest BCUT2D eigenvalue weighted by molar-refractivity contribution is 5.85. The molecule has 0 aromatic heterocycles. The second-order valence-electron chi connectivity index (χ2n) is 5.56. The summed E-state index contributed by atoms with van der Waals surface area (Å²) in [5.41, 5.74) is 1.42. The van der Waals surface area contributed by atoms with E-state index in [0.717, 1.165) is 32.7 Å². The van der Waals surface area contributed by atoms with Crippen molar-refractivity contribution < 1.29 is 4.74 Å². The number of fused-ring (bicyclic) bond motifs is 2. The zero-order valence-electron chi connectivity index (χ0n) is 11.8. The average Bonchev–Trinajstić information content (AvgIpc) is 2.39. The smallest absolute Gasteiger partial charge is 0.0676 e. The molecule has 2 bridgehead atoms. The van der Waals surface area contributed by atoms with Crippen molar-refractivity contribution in [3.05, 3.63) is 35.9 Å². The van der Waals surface area contributed by atoms with Gasteiger partial charge in [-0.25, -0.2) is 0 Å². The normalized spacial score (nSPS) is 29.1. The molecule has 2 aliphatic rings. The SMILES string of the molecule is COC1C2CNCC1CN(Cc1ccccc1)C2.Cl.Cl. The summed E-state index contributed by atoms with van der Waals surface area (Å²) >= 11 is 0. The molecular weight excluding hydrogens is 295 g/mol. The molecule has 1 N–H and O–H groups in total. The largest absolute Gasteiger partial charge is 0.381 e. The Balaban J connectivity index is 0.000001000. The molecule has 0 radical (unpaired) electrons. The monoisotopic (exact) mass is 318 g/mol. The predicted molar refractivity (Wildman–Crippen MR) is 86.9 cm³/mol. The lowest BCUT2D eigenvalue weighted by Gasteiger charge is -2.46. The number of piperidine rings is 2. The van der Waals surface area contributed by atoms with E-state index < -0.39 is 0 Å². The van der Waals surface area contributed by atoms with Crippen molar-refractivity contribution in [1.82, 2.24) is 10.2 Å². The number of methoxy groups -OCH3 is 1. The summed E-state index contributed by atoms with van der Waals surface area (Å²) in [6.07, 6.45) is 0.457. The topological polar surface area (TPSA) is 24.5 Å². The van der Waals surface area contributed by atoms with Crippen LogP contribution in [0.15, 0.2) is 30.3 Å². The van der Waals surface area contributed by atoms with Crippen molar-refractivity contribution in [2.45, 2.75) is 12.6 Å². The highest BCUT2D eigenvalue weighted by Gasteiger charge is 2.39. The van der Waals surface area contributed by atoms with Crippen LogP contribution in [-0.2, 0) is 11.3 Å². The second kappa shape index (κ2) is 8.20. The maximum atomic E-state index is 5.69. The van der Waals surface area contributed by atoms with Crippen molar-refractivity contribution >= 4 is 24.8 Å². The standard InChI is InChI=1S/C15H22N2O.2ClH/c1-18-15-13-7-16-8-14(15)11-17(10-13)9-12-5-3-2-4-6-12;;/h2-6,13-16H,7-11H2,1H3;2*1H. The summed E-state index contributed by atoms with van der Waals surface area (Å²) in [6.45, 7) is 5.57. The van der Waals surface area contributed by atoms with E-state index in [0.29, 0.717) is 17.9 Å². The molecule has 0 spiro atoms. The zero-order valence-corrected chi connectivity index (χ0v) is 13.5. The lowest BCUT2D eigenvalue weighted by atomic mass is 9.82. The van der Waals surface area contributed by atoms with Crippen molar-refractivity contribution in [3.8, 4) is 0 Å². The first-order valence-electron chi connectivity index (χ1n) is 6.86. The molecular formula is C15H24Cl2N2O. The van der Waals surface area contributed by atoms with Gasteiger partial charge in [0, 0.05) is 51.7 Å². The molecule has 114 valence electrons. The second-order valence-corrected chi connectivity index (χ2v) is 5.56. The van der Waals surface area contributed by atoms with Crippen molar-refractivity contribution in [1.29, 1.82) is 0 Å². The summed E-state index contributed by atoms with van der Waals surface area (Å²) in [5.74, 6) is 1.29. The lowest BCUT2D eigenvalue weighted by molar-refractivity contribution is -0.0667. The first-order valence-corrected chi connectivity index (χ1v) is 6.86. The van der Waals surface area contributed by atoms with E-state index in [1.807, 2.05) is 7.11 Å². The van der Waals surface area contributed by atoms with Gasteiger partial charge in [-0.05, 0) is 5.56 Å². The molecule has 0 aliphatic carbocycles.